The predicted molar refractivity (Wildman–Crippen MR) is 120 cm³/mol. The third kappa shape index (κ3) is 3.67. The van der Waals surface area contributed by atoms with E-state index in [-0.39, 0.29) is 36.4 Å². The van der Waals surface area contributed by atoms with E-state index < -0.39 is 5.97 Å². The van der Waals surface area contributed by atoms with Gasteiger partial charge in [-0.05, 0) is 55.5 Å². The lowest BCUT2D eigenvalue weighted by molar-refractivity contribution is -0.143. The largest absolute Gasteiger partial charge is 0.490 e. The molecule has 1 aliphatic heterocycles. The minimum absolute atomic E-state index is 0.0288. The number of fused-ring (bicyclic) bond motifs is 3. The van der Waals surface area contributed by atoms with E-state index in [0.717, 1.165) is 16.7 Å². The number of aromatic nitrogens is 2. The average Bonchev–Trinajstić information content (AvgIpc) is 3.48. The van der Waals surface area contributed by atoms with Gasteiger partial charge in [0.1, 0.15) is 18.4 Å². The number of ether oxygens (including phenoxy) is 1. The van der Waals surface area contributed by atoms with Gasteiger partial charge in [0.15, 0.2) is 0 Å². The van der Waals surface area contributed by atoms with Gasteiger partial charge in [-0.3, -0.25) is 9.59 Å². The van der Waals surface area contributed by atoms with E-state index in [4.69, 9.17) is 9.26 Å². The van der Waals surface area contributed by atoms with Gasteiger partial charge in [0.05, 0.1) is 17.7 Å². The van der Waals surface area contributed by atoms with E-state index in [1.165, 1.54) is 4.90 Å². The van der Waals surface area contributed by atoms with E-state index in [0.29, 0.717) is 35.5 Å². The fourth-order valence-electron chi connectivity index (χ4n) is 4.94. The summed E-state index contributed by atoms with van der Waals surface area (Å²) in [6.07, 6.45) is 0.905. The lowest BCUT2D eigenvalue weighted by atomic mass is 10.0. The van der Waals surface area contributed by atoms with E-state index in [1.807, 2.05) is 32.0 Å². The van der Waals surface area contributed by atoms with Gasteiger partial charge in [0.2, 0.25) is 11.7 Å². The number of hydrogen-bond donors (Lipinski definition) is 1. The first-order valence-electron chi connectivity index (χ1n) is 11.0. The molecule has 172 valence electrons. The van der Waals surface area contributed by atoms with Crippen molar-refractivity contribution in [1.29, 1.82) is 5.26 Å². The van der Waals surface area contributed by atoms with Crippen molar-refractivity contribution in [1.82, 2.24) is 15.0 Å². The molecule has 2 aromatic carbocycles. The number of carbonyl (C=O) groups excluding carboxylic acids is 1. The number of carbonyl (C=O) groups is 2. The van der Waals surface area contributed by atoms with Crippen molar-refractivity contribution >= 4 is 11.9 Å². The summed E-state index contributed by atoms with van der Waals surface area (Å²) in [5.74, 6) is 0.0522. The number of carboxylic acids is 1. The predicted octanol–water partition coefficient (Wildman–Crippen LogP) is 3.59. The van der Waals surface area contributed by atoms with Crippen LogP contribution in [0, 0.1) is 17.2 Å². The molecular formula is C25H22N4O5. The molecular weight excluding hydrogens is 436 g/mol. The van der Waals surface area contributed by atoms with E-state index in [2.05, 4.69) is 16.2 Å². The van der Waals surface area contributed by atoms with Crippen LogP contribution in [0.5, 0.6) is 5.75 Å². The molecule has 1 aromatic heterocycles. The smallest absolute Gasteiger partial charge is 0.323 e. The Hall–Kier alpha value is -4.19. The van der Waals surface area contributed by atoms with Crippen molar-refractivity contribution in [2.75, 3.05) is 6.54 Å². The number of aliphatic carboxylic acids is 1. The normalized spacial score (nSPS) is 18.6. The number of nitrogens with zero attached hydrogens (tertiary/aromatic N) is 4. The van der Waals surface area contributed by atoms with Crippen LogP contribution >= 0.6 is 0 Å². The second kappa shape index (κ2) is 8.30. The summed E-state index contributed by atoms with van der Waals surface area (Å²) < 4.78 is 11.2. The first-order valence-corrected chi connectivity index (χ1v) is 11.0. The molecule has 1 saturated heterocycles. The molecule has 1 aliphatic carbocycles. The summed E-state index contributed by atoms with van der Waals surface area (Å²) >= 11 is 0. The molecule has 3 aromatic rings. The number of carboxylic acid groups (broad SMARTS) is 1. The van der Waals surface area contributed by atoms with Crippen LogP contribution in [0.25, 0.3) is 22.8 Å². The number of hydrogen-bond acceptors (Lipinski definition) is 7. The fourth-order valence-corrected chi connectivity index (χ4v) is 4.94. The minimum Gasteiger partial charge on any atom is -0.490 e. The summed E-state index contributed by atoms with van der Waals surface area (Å²) in [5.41, 5.74) is 3.72. The van der Waals surface area contributed by atoms with Crippen molar-refractivity contribution in [3.05, 3.63) is 53.1 Å². The summed E-state index contributed by atoms with van der Waals surface area (Å²) in [7, 11) is 0. The maximum absolute atomic E-state index is 12.4. The molecule has 0 radical (unpaired) electrons. The molecule has 0 bridgehead atoms. The Morgan fingerprint density at radius 2 is 2.15 bits per heavy atom. The lowest BCUT2D eigenvalue weighted by Gasteiger charge is -2.23. The number of amides is 1. The van der Waals surface area contributed by atoms with Gasteiger partial charge in [0, 0.05) is 17.5 Å². The summed E-state index contributed by atoms with van der Waals surface area (Å²) in [6.45, 7) is 3.47. The SMILES string of the molecule is CC(C)Oc1ccc(-c2nc(-c3cccc4c3C[C@@H]3CC(=O)N(CC(=O)O)[C@H]43)no2)cc1C#N. The van der Waals surface area contributed by atoms with Crippen molar-refractivity contribution in [3.63, 3.8) is 0 Å². The second-order valence-electron chi connectivity index (χ2n) is 8.81. The molecule has 0 saturated carbocycles. The first-order chi connectivity index (χ1) is 16.4. The Balaban J connectivity index is 1.48. The topological polar surface area (TPSA) is 130 Å². The van der Waals surface area contributed by atoms with Crippen molar-refractivity contribution in [2.45, 2.75) is 38.8 Å². The van der Waals surface area contributed by atoms with Crippen LogP contribution in [0.15, 0.2) is 40.9 Å². The summed E-state index contributed by atoms with van der Waals surface area (Å²) in [5, 5.41) is 22.9. The van der Waals surface area contributed by atoms with Crippen LogP contribution in [0.3, 0.4) is 0 Å². The fraction of sp³-hybridized carbons (Fsp3) is 0.320. The molecule has 0 unspecified atom stereocenters. The van der Waals surface area contributed by atoms with Crippen molar-refractivity contribution in [2.24, 2.45) is 5.92 Å². The lowest BCUT2D eigenvalue weighted by Crippen LogP contribution is -2.33. The Labute approximate surface area is 195 Å². The van der Waals surface area contributed by atoms with Gasteiger partial charge < -0.3 is 19.3 Å². The second-order valence-corrected chi connectivity index (χ2v) is 8.81. The highest BCUT2D eigenvalue weighted by molar-refractivity contribution is 5.85. The summed E-state index contributed by atoms with van der Waals surface area (Å²) in [6, 6.07) is 12.7. The summed E-state index contributed by atoms with van der Waals surface area (Å²) in [4.78, 5) is 29.7. The Kier molecular flexibility index (Phi) is 5.28. The quantitative estimate of drug-likeness (QED) is 0.593. The Bertz CT molecular complexity index is 1340. The molecule has 1 fully saturated rings. The standard InChI is InChI=1S/C25H22N4O5/c1-13(2)33-20-7-6-14(8-16(20)11-26)25-27-24(28-34-25)18-5-3-4-17-19(18)9-15-10-21(30)29(23(15)17)12-22(31)32/h3-8,13,15,23H,9-10,12H2,1-2H3,(H,31,32)/t15-,23+/m1/s1. The molecule has 9 nitrogen and oxygen atoms in total. The van der Waals surface area contributed by atoms with Crippen LogP contribution in [-0.4, -0.2) is 44.7 Å². The van der Waals surface area contributed by atoms with Crippen molar-refractivity contribution in [3.8, 4) is 34.7 Å². The number of benzene rings is 2. The van der Waals surface area contributed by atoms with Gasteiger partial charge >= 0.3 is 5.97 Å². The number of rotatable bonds is 6. The molecule has 34 heavy (non-hydrogen) atoms. The molecule has 1 amide bonds. The number of nitriles is 1. The molecule has 2 aliphatic rings. The highest BCUT2D eigenvalue weighted by Gasteiger charge is 2.47. The van der Waals surface area contributed by atoms with E-state index >= 15 is 0 Å². The van der Waals surface area contributed by atoms with Gasteiger partial charge in [-0.25, -0.2) is 0 Å². The monoisotopic (exact) mass is 458 g/mol. The average molecular weight is 458 g/mol. The van der Waals surface area contributed by atoms with Crippen LogP contribution in [-0.2, 0) is 16.0 Å². The molecule has 1 N–H and O–H groups in total. The van der Waals surface area contributed by atoms with Crippen LogP contribution in [0.2, 0.25) is 0 Å². The highest BCUT2D eigenvalue weighted by atomic mass is 16.5. The highest BCUT2D eigenvalue weighted by Crippen LogP contribution is 2.49. The zero-order valence-electron chi connectivity index (χ0n) is 18.7. The third-order valence-electron chi connectivity index (χ3n) is 6.22. The maximum atomic E-state index is 12.4. The molecule has 2 heterocycles. The Morgan fingerprint density at radius 3 is 2.88 bits per heavy atom. The molecule has 2 atom stereocenters. The molecule has 9 heteroatoms. The van der Waals surface area contributed by atoms with Gasteiger partial charge in [-0.2, -0.15) is 10.2 Å². The zero-order valence-corrected chi connectivity index (χ0v) is 18.7. The van der Waals surface area contributed by atoms with E-state index in [1.54, 1.807) is 18.2 Å². The van der Waals surface area contributed by atoms with Gasteiger partial charge in [-0.1, -0.05) is 23.4 Å². The zero-order chi connectivity index (χ0) is 24.0. The minimum atomic E-state index is -1.03. The van der Waals surface area contributed by atoms with Crippen LogP contribution in [0.4, 0.5) is 0 Å². The van der Waals surface area contributed by atoms with Crippen LogP contribution < -0.4 is 4.74 Å². The maximum Gasteiger partial charge on any atom is 0.323 e. The van der Waals surface area contributed by atoms with Crippen molar-refractivity contribution < 1.29 is 24.0 Å². The molecule has 0 spiro atoms. The van der Waals surface area contributed by atoms with Gasteiger partial charge in [-0.15, -0.1) is 0 Å². The third-order valence-corrected chi connectivity index (χ3v) is 6.22. The number of likely N-dealkylation sites (tertiary alicyclic amines) is 1. The molecule has 5 rings (SSSR count). The first kappa shape index (κ1) is 21.6. The van der Waals surface area contributed by atoms with E-state index in [9.17, 15) is 20.0 Å². The van der Waals surface area contributed by atoms with Gasteiger partial charge in [0.25, 0.3) is 5.89 Å². The Morgan fingerprint density at radius 1 is 1.32 bits per heavy atom. The van der Waals surface area contributed by atoms with Crippen LogP contribution in [0.1, 0.15) is 43.0 Å².